The van der Waals surface area contributed by atoms with E-state index < -0.39 is 0 Å². The first kappa shape index (κ1) is 19.4. The number of hydrogen-bond acceptors (Lipinski definition) is 4. The molecule has 0 aliphatic rings. The quantitative estimate of drug-likeness (QED) is 0.396. The highest BCUT2D eigenvalue weighted by atomic mass is 16.1. The normalized spacial score (nSPS) is 10.9. The molecule has 2 aromatic heterocycles. The molecule has 0 radical (unpaired) electrons. The van der Waals surface area contributed by atoms with E-state index in [0.717, 1.165) is 28.1 Å². The number of Topliss-reactive ketones (excluding diaryl/α,β-unsaturated/α-hetero) is 1. The van der Waals surface area contributed by atoms with Crippen LogP contribution in [-0.4, -0.2) is 31.2 Å². The van der Waals surface area contributed by atoms with E-state index in [4.69, 9.17) is 0 Å². The molecule has 0 saturated heterocycles. The molecule has 5 rings (SSSR count). The van der Waals surface area contributed by atoms with E-state index in [2.05, 4.69) is 20.3 Å². The van der Waals surface area contributed by atoms with Crippen LogP contribution in [0.3, 0.4) is 0 Å². The largest absolute Gasteiger partial charge is 0.338 e. The lowest BCUT2D eigenvalue weighted by Crippen LogP contribution is -2.11. The molecule has 1 amide bonds. The Labute approximate surface area is 183 Å². The summed E-state index contributed by atoms with van der Waals surface area (Å²) in [7, 11) is 0. The number of hydrogen-bond donors (Lipinski definition) is 2. The van der Waals surface area contributed by atoms with Crippen molar-refractivity contribution in [1.82, 2.24) is 19.5 Å². The predicted octanol–water partition coefficient (Wildman–Crippen LogP) is 4.87. The number of imidazole rings is 2. The summed E-state index contributed by atoms with van der Waals surface area (Å²) in [5.41, 5.74) is 5.45. The van der Waals surface area contributed by atoms with Gasteiger partial charge in [0.25, 0.3) is 5.91 Å². The fraction of sp³-hybridized carbons (Fsp3) is 0.0400. The van der Waals surface area contributed by atoms with Gasteiger partial charge in [-0.25, -0.2) is 9.97 Å². The molecule has 7 nitrogen and oxygen atoms in total. The second-order valence-electron chi connectivity index (χ2n) is 7.42. The number of carbonyl (C=O) groups excluding carboxylic acids is 2. The third kappa shape index (κ3) is 3.79. The topological polar surface area (TPSA) is 92.7 Å². The molecule has 0 unspecified atom stereocenters. The van der Waals surface area contributed by atoms with Gasteiger partial charge in [0, 0.05) is 40.5 Å². The number of fused-ring (bicyclic) bond motifs is 1. The number of aromatic nitrogens is 4. The number of anilines is 1. The minimum absolute atomic E-state index is 0.0314. The standard InChI is InChI=1S/C25H19N5O2/c1-16(31)17-2-4-19(5-3-17)25(32)27-20-8-6-18(7-9-20)24-28-22-11-10-21(14-23(22)29-24)30-13-12-26-15-30/h2-15H,1H3,(H,27,32)(H,28,29). The third-order valence-corrected chi connectivity index (χ3v) is 5.24. The molecule has 2 heterocycles. The van der Waals surface area contributed by atoms with Crippen LogP contribution in [0.1, 0.15) is 27.6 Å². The maximum Gasteiger partial charge on any atom is 0.255 e. The van der Waals surface area contributed by atoms with Crippen molar-refractivity contribution in [3.05, 3.63) is 96.6 Å². The molecule has 3 aromatic carbocycles. The zero-order valence-electron chi connectivity index (χ0n) is 17.2. The van der Waals surface area contributed by atoms with Crippen LogP contribution >= 0.6 is 0 Å². The second kappa shape index (κ2) is 7.96. The van der Waals surface area contributed by atoms with Gasteiger partial charge >= 0.3 is 0 Å². The molecule has 156 valence electrons. The van der Waals surface area contributed by atoms with Crippen LogP contribution in [0.15, 0.2) is 85.5 Å². The number of aromatic amines is 1. The van der Waals surface area contributed by atoms with Crippen molar-refractivity contribution in [3.63, 3.8) is 0 Å². The molecule has 0 spiro atoms. The minimum atomic E-state index is -0.233. The van der Waals surface area contributed by atoms with E-state index >= 15 is 0 Å². The molecule has 0 atom stereocenters. The number of nitrogens with one attached hydrogen (secondary N) is 2. The molecule has 0 saturated carbocycles. The lowest BCUT2D eigenvalue weighted by Gasteiger charge is -2.06. The van der Waals surface area contributed by atoms with Gasteiger partial charge in [-0.05, 0) is 61.5 Å². The van der Waals surface area contributed by atoms with Crippen molar-refractivity contribution in [2.45, 2.75) is 6.92 Å². The Morgan fingerprint density at radius 2 is 1.69 bits per heavy atom. The molecular weight excluding hydrogens is 402 g/mol. The first-order chi connectivity index (χ1) is 15.6. The van der Waals surface area contributed by atoms with Gasteiger partial charge in [0.1, 0.15) is 5.82 Å². The van der Waals surface area contributed by atoms with Crippen molar-refractivity contribution in [2.24, 2.45) is 0 Å². The van der Waals surface area contributed by atoms with E-state index in [9.17, 15) is 9.59 Å². The summed E-state index contributed by atoms with van der Waals surface area (Å²) in [6.07, 6.45) is 5.39. The Morgan fingerprint density at radius 1 is 0.938 bits per heavy atom. The highest BCUT2D eigenvalue weighted by Gasteiger charge is 2.10. The fourth-order valence-electron chi connectivity index (χ4n) is 3.48. The summed E-state index contributed by atoms with van der Waals surface area (Å²) < 4.78 is 1.94. The molecule has 32 heavy (non-hydrogen) atoms. The van der Waals surface area contributed by atoms with E-state index in [1.54, 1.807) is 36.8 Å². The molecular formula is C25H19N5O2. The average Bonchev–Trinajstić information content (AvgIpc) is 3.49. The molecule has 0 aliphatic carbocycles. The zero-order valence-corrected chi connectivity index (χ0v) is 17.2. The molecule has 0 aliphatic heterocycles. The Bertz CT molecular complexity index is 1420. The van der Waals surface area contributed by atoms with E-state index in [0.29, 0.717) is 16.8 Å². The Balaban J connectivity index is 1.33. The van der Waals surface area contributed by atoms with Crippen LogP contribution in [-0.2, 0) is 0 Å². The van der Waals surface area contributed by atoms with E-state index in [1.165, 1.54) is 6.92 Å². The van der Waals surface area contributed by atoms with Crippen LogP contribution in [0.5, 0.6) is 0 Å². The fourth-order valence-corrected chi connectivity index (χ4v) is 3.48. The maximum atomic E-state index is 12.5. The van der Waals surface area contributed by atoms with Gasteiger partial charge in [-0.3, -0.25) is 9.59 Å². The number of ketones is 1. The zero-order chi connectivity index (χ0) is 22.1. The second-order valence-corrected chi connectivity index (χ2v) is 7.42. The van der Waals surface area contributed by atoms with E-state index in [1.807, 2.05) is 53.2 Å². The van der Waals surface area contributed by atoms with Gasteiger partial charge < -0.3 is 14.9 Å². The summed E-state index contributed by atoms with van der Waals surface area (Å²) >= 11 is 0. The lowest BCUT2D eigenvalue weighted by atomic mass is 10.1. The van der Waals surface area contributed by atoms with Crippen molar-refractivity contribution in [2.75, 3.05) is 5.32 Å². The van der Waals surface area contributed by atoms with Crippen LogP contribution in [0.25, 0.3) is 28.1 Å². The van der Waals surface area contributed by atoms with Gasteiger partial charge in [-0.15, -0.1) is 0 Å². The molecule has 2 N–H and O–H groups in total. The van der Waals surface area contributed by atoms with Gasteiger partial charge in [-0.1, -0.05) is 12.1 Å². The Morgan fingerprint density at radius 3 is 2.38 bits per heavy atom. The molecule has 5 aromatic rings. The van der Waals surface area contributed by atoms with Crippen LogP contribution in [0.2, 0.25) is 0 Å². The highest BCUT2D eigenvalue weighted by molar-refractivity contribution is 6.05. The van der Waals surface area contributed by atoms with Crippen molar-refractivity contribution >= 4 is 28.4 Å². The van der Waals surface area contributed by atoms with Gasteiger partial charge in [0.15, 0.2) is 5.78 Å². The Kier molecular flexibility index (Phi) is 4.84. The number of carbonyl (C=O) groups is 2. The van der Waals surface area contributed by atoms with Crippen LogP contribution < -0.4 is 5.32 Å². The summed E-state index contributed by atoms with van der Waals surface area (Å²) in [5.74, 6) is 0.486. The lowest BCUT2D eigenvalue weighted by molar-refractivity contribution is 0.101. The van der Waals surface area contributed by atoms with Gasteiger partial charge in [0.05, 0.1) is 17.4 Å². The SMILES string of the molecule is CC(=O)c1ccc(C(=O)Nc2ccc(-c3nc4ccc(-n5ccnc5)cc4[nH]3)cc2)cc1. The van der Waals surface area contributed by atoms with E-state index in [-0.39, 0.29) is 11.7 Å². The van der Waals surface area contributed by atoms with Crippen molar-refractivity contribution in [1.29, 1.82) is 0 Å². The maximum absolute atomic E-state index is 12.5. The van der Waals surface area contributed by atoms with Gasteiger partial charge in [-0.2, -0.15) is 0 Å². The van der Waals surface area contributed by atoms with Crippen molar-refractivity contribution < 1.29 is 9.59 Å². The average molecular weight is 421 g/mol. The number of rotatable bonds is 5. The number of nitrogens with zero attached hydrogens (tertiary/aromatic N) is 3. The number of amides is 1. The highest BCUT2D eigenvalue weighted by Crippen LogP contribution is 2.24. The first-order valence-electron chi connectivity index (χ1n) is 10.1. The molecule has 0 bridgehead atoms. The minimum Gasteiger partial charge on any atom is -0.338 e. The van der Waals surface area contributed by atoms with Crippen LogP contribution in [0, 0.1) is 0 Å². The van der Waals surface area contributed by atoms with Crippen molar-refractivity contribution in [3.8, 4) is 17.1 Å². The predicted molar refractivity (Wildman–Crippen MR) is 123 cm³/mol. The third-order valence-electron chi connectivity index (χ3n) is 5.24. The summed E-state index contributed by atoms with van der Waals surface area (Å²) in [5, 5.41) is 2.87. The summed E-state index contributed by atoms with van der Waals surface area (Å²) in [4.78, 5) is 36.0. The summed E-state index contributed by atoms with van der Waals surface area (Å²) in [6.45, 7) is 1.50. The molecule has 0 fully saturated rings. The smallest absolute Gasteiger partial charge is 0.255 e. The van der Waals surface area contributed by atoms with Gasteiger partial charge in [0.2, 0.25) is 0 Å². The summed E-state index contributed by atoms with van der Waals surface area (Å²) in [6, 6.07) is 20.1. The molecule has 7 heteroatoms. The number of H-pyrrole nitrogens is 1. The first-order valence-corrected chi connectivity index (χ1v) is 10.1. The monoisotopic (exact) mass is 421 g/mol. The Hall–Kier alpha value is -4.52. The number of benzene rings is 3. The van der Waals surface area contributed by atoms with Crippen LogP contribution in [0.4, 0.5) is 5.69 Å².